The number of alkyl halides is 2. The van der Waals surface area contributed by atoms with Gasteiger partial charge in [0.2, 0.25) is 0 Å². The number of ether oxygens (including phenoxy) is 2. The van der Waals surface area contributed by atoms with Gasteiger partial charge in [0.1, 0.15) is 11.5 Å². The molecule has 0 atom stereocenters. The molecule has 0 saturated carbocycles. The normalized spacial score (nSPS) is 10.6. The maximum absolute atomic E-state index is 12.6. The summed E-state index contributed by atoms with van der Waals surface area (Å²) in [5.41, 5.74) is 2.07. The Balaban J connectivity index is 0.00000392. The zero-order valence-corrected chi connectivity index (χ0v) is 17.7. The molecule has 2 aromatic carbocycles. The van der Waals surface area contributed by atoms with Gasteiger partial charge in [0.05, 0.1) is 18.7 Å². The molecule has 6 nitrogen and oxygen atoms in total. The zero-order chi connectivity index (χ0) is 19.6. The number of methoxy groups -OCH3 is 1. The van der Waals surface area contributed by atoms with E-state index >= 15 is 0 Å². The number of rotatable bonds is 7. The smallest absolute Gasteiger partial charge is 0.387 e. The lowest BCUT2D eigenvalue weighted by atomic mass is 10.1. The van der Waals surface area contributed by atoms with E-state index in [2.05, 4.69) is 26.4 Å². The van der Waals surface area contributed by atoms with Gasteiger partial charge in [0.15, 0.2) is 5.96 Å². The SMILES string of the molecule is CN=C(NCc1ccc(C#N)cc1)NCc1cc(OC)ccc1OC(F)F.I. The number of aliphatic imine (C=N–C) groups is 1. The van der Waals surface area contributed by atoms with E-state index in [1.165, 1.54) is 13.2 Å². The van der Waals surface area contributed by atoms with E-state index in [4.69, 9.17) is 10.00 Å². The average Bonchev–Trinajstić information content (AvgIpc) is 2.69. The molecule has 0 aromatic heterocycles. The molecule has 0 unspecified atom stereocenters. The molecule has 0 radical (unpaired) electrons. The molecular weight excluding hydrogens is 481 g/mol. The van der Waals surface area contributed by atoms with Crippen LogP contribution in [0.3, 0.4) is 0 Å². The lowest BCUT2D eigenvalue weighted by molar-refractivity contribution is -0.0504. The Morgan fingerprint density at radius 2 is 1.82 bits per heavy atom. The van der Waals surface area contributed by atoms with Gasteiger partial charge >= 0.3 is 6.61 Å². The van der Waals surface area contributed by atoms with Crippen LogP contribution in [0.4, 0.5) is 8.78 Å². The zero-order valence-electron chi connectivity index (χ0n) is 15.4. The summed E-state index contributed by atoms with van der Waals surface area (Å²) >= 11 is 0. The first-order chi connectivity index (χ1) is 13.0. The van der Waals surface area contributed by atoms with Crippen molar-refractivity contribution in [2.75, 3.05) is 14.2 Å². The van der Waals surface area contributed by atoms with Gasteiger partial charge in [-0.15, -0.1) is 24.0 Å². The Labute approximate surface area is 179 Å². The predicted molar refractivity (Wildman–Crippen MR) is 113 cm³/mol. The number of hydrogen-bond donors (Lipinski definition) is 2. The van der Waals surface area contributed by atoms with Crippen molar-refractivity contribution in [3.63, 3.8) is 0 Å². The van der Waals surface area contributed by atoms with Crippen molar-refractivity contribution in [3.8, 4) is 17.6 Å². The maximum atomic E-state index is 12.6. The first-order valence-corrected chi connectivity index (χ1v) is 8.11. The monoisotopic (exact) mass is 502 g/mol. The third-order valence-corrected chi connectivity index (χ3v) is 3.70. The molecule has 0 aliphatic rings. The lowest BCUT2D eigenvalue weighted by Gasteiger charge is -2.15. The second-order valence-corrected chi connectivity index (χ2v) is 5.44. The first kappa shape index (κ1) is 23.4. The number of nitriles is 1. The number of nitrogens with one attached hydrogen (secondary N) is 2. The van der Waals surface area contributed by atoms with Crippen LogP contribution >= 0.6 is 24.0 Å². The van der Waals surface area contributed by atoms with E-state index < -0.39 is 6.61 Å². The van der Waals surface area contributed by atoms with Crippen molar-refractivity contribution >= 4 is 29.9 Å². The van der Waals surface area contributed by atoms with Crippen LogP contribution in [0.1, 0.15) is 16.7 Å². The van der Waals surface area contributed by atoms with Crippen LogP contribution in [0.5, 0.6) is 11.5 Å². The number of guanidine groups is 1. The van der Waals surface area contributed by atoms with Gasteiger partial charge in [-0.3, -0.25) is 4.99 Å². The van der Waals surface area contributed by atoms with Crippen LogP contribution < -0.4 is 20.1 Å². The lowest BCUT2D eigenvalue weighted by Crippen LogP contribution is -2.36. The molecule has 28 heavy (non-hydrogen) atoms. The second-order valence-electron chi connectivity index (χ2n) is 5.44. The highest BCUT2D eigenvalue weighted by molar-refractivity contribution is 14.0. The average molecular weight is 502 g/mol. The third-order valence-electron chi connectivity index (χ3n) is 3.70. The summed E-state index contributed by atoms with van der Waals surface area (Å²) in [6.45, 7) is -2.21. The second kappa shape index (κ2) is 12.0. The van der Waals surface area contributed by atoms with Crippen molar-refractivity contribution in [1.29, 1.82) is 5.26 Å². The number of halogens is 3. The third kappa shape index (κ3) is 7.19. The molecule has 0 amide bonds. The van der Waals surface area contributed by atoms with Gasteiger partial charge in [0.25, 0.3) is 0 Å². The largest absolute Gasteiger partial charge is 0.497 e. The Morgan fingerprint density at radius 1 is 1.14 bits per heavy atom. The van der Waals surface area contributed by atoms with Crippen molar-refractivity contribution in [1.82, 2.24) is 10.6 Å². The van der Waals surface area contributed by atoms with Crippen LogP contribution in [0.2, 0.25) is 0 Å². The van der Waals surface area contributed by atoms with Crippen LogP contribution in [0, 0.1) is 11.3 Å². The minimum absolute atomic E-state index is 0. The van der Waals surface area contributed by atoms with Crippen molar-refractivity contribution in [3.05, 3.63) is 59.2 Å². The standard InChI is InChI=1S/C19H20F2N4O2.HI/c1-23-19(24-11-14-5-3-13(10-22)4-6-14)25-12-15-9-16(26-2)7-8-17(15)27-18(20)21;/h3-9,18H,11-12H2,1-2H3,(H2,23,24,25);1H. The molecule has 2 rings (SSSR count). The fourth-order valence-corrected chi connectivity index (χ4v) is 2.31. The van der Waals surface area contributed by atoms with E-state index in [0.29, 0.717) is 29.4 Å². The molecule has 150 valence electrons. The predicted octanol–water partition coefficient (Wildman–Crippen LogP) is 3.65. The molecule has 0 aliphatic heterocycles. The quantitative estimate of drug-likeness (QED) is 0.344. The van der Waals surface area contributed by atoms with Crippen LogP contribution in [-0.4, -0.2) is 26.7 Å². The molecule has 0 heterocycles. The summed E-state index contributed by atoms with van der Waals surface area (Å²) in [6.07, 6.45) is 0. The van der Waals surface area contributed by atoms with E-state index in [-0.39, 0.29) is 36.3 Å². The fourth-order valence-electron chi connectivity index (χ4n) is 2.31. The topological polar surface area (TPSA) is 78.7 Å². The molecule has 2 N–H and O–H groups in total. The summed E-state index contributed by atoms with van der Waals surface area (Å²) in [7, 11) is 3.11. The summed E-state index contributed by atoms with van der Waals surface area (Å²) in [4.78, 5) is 4.11. The van der Waals surface area contributed by atoms with Gasteiger partial charge in [0, 0.05) is 25.7 Å². The molecule has 0 saturated heterocycles. The minimum Gasteiger partial charge on any atom is -0.497 e. The number of benzene rings is 2. The minimum atomic E-state index is -2.91. The number of hydrogen-bond acceptors (Lipinski definition) is 4. The van der Waals surface area contributed by atoms with E-state index in [1.807, 2.05) is 12.1 Å². The van der Waals surface area contributed by atoms with Gasteiger partial charge in [-0.05, 0) is 35.9 Å². The van der Waals surface area contributed by atoms with E-state index in [1.54, 1.807) is 31.3 Å². The van der Waals surface area contributed by atoms with Crippen LogP contribution in [0.15, 0.2) is 47.5 Å². The van der Waals surface area contributed by atoms with Gasteiger partial charge in [-0.2, -0.15) is 14.0 Å². The van der Waals surface area contributed by atoms with Gasteiger partial charge in [-0.25, -0.2) is 0 Å². The number of nitrogens with zero attached hydrogens (tertiary/aromatic N) is 2. The highest BCUT2D eigenvalue weighted by atomic mass is 127. The molecule has 9 heteroatoms. The van der Waals surface area contributed by atoms with Crippen molar-refractivity contribution < 1.29 is 18.3 Å². The Morgan fingerprint density at radius 3 is 2.39 bits per heavy atom. The maximum Gasteiger partial charge on any atom is 0.387 e. The summed E-state index contributed by atoms with van der Waals surface area (Å²) in [5, 5.41) is 15.0. The Hall–Kier alpha value is -2.61. The van der Waals surface area contributed by atoms with Gasteiger partial charge < -0.3 is 20.1 Å². The molecule has 0 spiro atoms. The Kier molecular flexibility index (Phi) is 10.0. The molecule has 0 bridgehead atoms. The summed E-state index contributed by atoms with van der Waals surface area (Å²) in [6, 6.07) is 13.8. The molecular formula is C19H21F2IN4O2. The molecule has 0 aliphatic carbocycles. The Bertz CT molecular complexity index is 824. The highest BCUT2D eigenvalue weighted by Crippen LogP contribution is 2.25. The van der Waals surface area contributed by atoms with E-state index in [0.717, 1.165) is 5.56 Å². The van der Waals surface area contributed by atoms with Crippen LogP contribution in [-0.2, 0) is 13.1 Å². The van der Waals surface area contributed by atoms with Crippen LogP contribution in [0.25, 0.3) is 0 Å². The summed E-state index contributed by atoms with van der Waals surface area (Å²) < 4.78 is 34.8. The van der Waals surface area contributed by atoms with E-state index in [9.17, 15) is 8.78 Å². The first-order valence-electron chi connectivity index (χ1n) is 8.11. The summed E-state index contributed by atoms with van der Waals surface area (Å²) in [5.74, 6) is 1.10. The van der Waals surface area contributed by atoms with Crippen molar-refractivity contribution in [2.24, 2.45) is 4.99 Å². The van der Waals surface area contributed by atoms with Gasteiger partial charge in [-0.1, -0.05) is 12.1 Å². The molecule has 2 aromatic rings. The van der Waals surface area contributed by atoms with Crippen molar-refractivity contribution in [2.45, 2.75) is 19.7 Å². The molecule has 0 fully saturated rings. The fraction of sp³-hybridized carbons (Fsp3) is 0.263. The highest BCUT2D eigenvalue weighted by Gasteiger charge is 2.11.